The largest absolute Gasteiger partial charge is 0.314 e. The molecule has 1 atom stereocenters. The van der Waals surface area contributed by atoms with Crippen LogP contribution in [0.5, 0.6) is 0 Å². The lowest BCUT2D eigenvalue weighted by Gasteiger charge is -2.27. The maximum Gasteiger partial charge on any atom is 0.00721 e. The number of rotatable bonds is 8. The van der Waals surface area contributed by atoms with Gasteiger partial charge in [0.15, 0.2) is 0 Å². The molecule has 0 amide bonds. The van der Waals surface area contributed by atoms with Gasteiger partial charge in [-0.15, -0.1) is 6.58 Å². The van der Waals surface area contributed by atoms with Gasteiger partial charge in [0, 0.05) is 6.04 Å². The van der Waals surface area contributed by atoms with Crippen LogP contribution < -0.4 is 5.32 Å². The lowest BCUT2D eigenvalue weighted by molar-refractivity contribution is 0.295. The number of allylic oxidation sites excluding steroid dienone is 1. The summed E-state index contributed by atoms with van der Waals surface area (Å²) in [6.45, 7) is 14.1. The first-order valence-corrected chi connectivity index (χ1v) is 6.34. The van der Waals surface area contributed by atoms with Crippen LogP contribution in [0.15, 0.2) is 12.7 Å². The lowest BCUT2D eigenvalue weighted by Crippen LogP contribution is -2.33. The van der Waals surface area contributed by atoms with Crippen LogP contribution in [-0.2, 0) is 0 Å². The van der Waals surface area contributed by atoms with Crippen LogP contribution in [0.1, 0.15) is 59.8 Å². The van der Waals surface area contributed by atoms with Gasteiger partial charge in [0.2, 0.25) is 0 Å². The predicted octanol–water partition coefficient (Wildman–Crippen LogP) is 4.15. The average molecular weight is 211 g/mol. The van der Waals surface area contributed by atoms with Gasteiger partial charge in [0.05, 0.1) is 0 Å². The molecule has 15 heavy (non-hydrogen) atoms. The third-order valence-corrected chi connectivity index (χ3v) is 2.50. The van der Waals surface area contributed by atoms with Crippen molar-refractivity contribution in [3.05, 3.63) is 12.7 Å². The van der Waals surface area contributed by atoms with Gasteiger partial charge in [-0.05, 0) is 44.1 Å². The Labute approximate surface area is 96.3 Å². The van der Waals surface area contributed by atoms with Crippen molar-refractivity contribution in [3.8, 4) is 0 Å². The summed E-state index contributed by atoms with van der Waals surface area (Å²) < 4.78 is 0. The summed E-state index contributed by atoms with van der Waals surface area (Å²) >= 11 is 0. The number of unbranched alkanes of at least 4 members (excludes halogenated alkanes) is 1. The van der Waals surface area contributed by atoms with Crippen LogP contribution in [0.3, 0.4) is 0 Å². The highest BCUT2D eigenvalue weighted by atomic mass is 14.9. The minimum Gasteiger partial charge on any atom is -0.314 e. The van der Waals surface area contributed by atoms with Crippen LogP contribution in [-0.4, -0.2) is 12.6 Å². The molecular weight excluding hydrogens is 182 g/mol. The van der Waals surface area contributed by atoms with Crippen molar-refractivity contribution in [2.24, 2.45) is 5.41 Å². The van der Waals surface area contributed by atoms with Gasteiger partial charge in [0.25, 0.3) is 0 Å². The van der Waals surface area contributed by atoms with E-state index in [1.807, 2.05) is 6.08 Å². The van der Waals surface area contributed by atoms with Crippen molar-refractivity contribution in [1.29, 1.82) is 0 Å². The maximum absolute atomic E-state index is 3.77. The Morgan fingerprint density at radius 2 is 2.00 bits per heavy atom. The van der Waals surface area contributed by atoms with Crippen LogP contribution in [0.25, 0.3) is 0 Å². The number of hydrogen-bond donors (Lipinski definition) is 1. The first-order chi connectivity index (χ1) is 6.99. The summed E-state index contributed by atoms with van der Waals surface area (Å²) in [5.74, 6) is 0. The number of hydrogen-bond acceptors (Lipinski definition) is 1. The smallest absolute Gasteiger partial charge is 0.00721 e. The minimum absolute atomic E-state index is 0.430. The van der Waals surface area contributed by atoms with Gasteiger partial charge in [-0.25, -0.2) is 0 Å². The van der Waals surface area contributed by atoms with E-state index in [4.69, 9.17) is 0 Å². The quantitative estimate of drug-likeness (QED) is 0.470. The van der Waals surface area contributed by atoms with Gasteiger partial charge >= 0.3 is 0 Å². The summed E-state index contributed by atoms with van der Waals surface area (Å²) in [5, 5.41) is 3.65. The van der Waals surface area contributed by atoms with E-state index in [1.54, 1.807) is 0 Å². The second-order valence-corrected chi connectivity index (χ2v) is 5.64. The van der Waals surface area contributed by atoms with Gasteiger partial charge in [-0.1, -0.05) is 33.8 Å². The fourth-order valence-electron chi connectivity index (χ4n) is 1.87. The van der Waals surface area contributed by atoms with Crippen LogP contribution >= 0.6 is 0 Å². The highest BCUT2D eigenvalue weighted by molar-refractivity contribution is 4.76. The molecule has 0 aliphatic carbocycles. The first-order valence-electron chi connectivity index (χ1n) is 6.34. The Hall–Kier alpha value is -0.300. The van der Waals surface area contributed by atoms with Gasteiger partial charge in [-0.3, -0.25) is 0 Å². The standard InChI is InChI=1S/C14H29N/c1-6-8-9-10-13(15-11-7-2)12-14(3,4)5/h6,13,15H,1,7-12H2,2-5H3. The second-order valence-electron chi connectivity index (χ2n) is 5.64. The fourth-order valence-corrected chi connectivity index (χ4v) is 1.87. The van der Waals surface area contributed by atoms with Gasteiger partial charge in [-0.2, -0.15) is 0 Å². The van der Waals surface area contributed by atoms with Crippen molar-refractivity contribution in [2.75, 3.05) is 6.54 Å². The molecule has 0 spiro atoms. The van der Waals surface area contributed by atoms with E-state index < -0.39 is 0 Å². The van der Waals surface area contributed by atoms with E-state index in [9.17, 15) is 0 Å². The zero-order valence-electron chi connectivity index (χ0n) is 11.1. The summed E-state index contributed by atoms with van der Waals surface area (Å²) in [6.07, 6.45) is 8.21. The molecule has 0 aliphatic rings. The molecule has 90 valence electrons. The molecule has 0 rings (SSSR count). The minimum atomic E-state index is 0.430. The molecule has 0 aromatic carbocycles. The van der Waals surface area contributed by atoms with E-state index in [0.717, 1.165) is 13.0 Å². The monoisotopic (exact) mass is 211 g/mol. The topological polar surface area (TPSA) is 12.0 Å². The third kappa shape index (κ3) is 9.99. The third-order valence-electron chi connectivity index (χ3n) is 2.50. The molecule has 0 fully saturated rings. The van der Waals surface area contributed by atoms with Crippen LogP contribution in [0.4, 0.5) is 0 Å². The normalized spacial score (nSPS) is 13.9. The second kappa shape index (κ2) is 7.92. The molecule has 0 saturated carbocycles. The van der Waals surface area contributed by atoms with E-state index in [0.29, 0.717) is 11.5 Å². The van der Waals surface area contributed by atoms with E-state index in [2.05, 4.69) is 39.6 Å². The molecule has 0 radical (unpaired) electrons. The van der Waals surface area contributed by atoms with Gasteiger partial charge in [0.1, 0.15) is 0 Å². The molecule has 1 heteroatoms. The zero-order chi connectivity index (χ0) is 11.7. The van der Waals surface area contributed by atoms with Gasteiger partial charge < -0.3 is 5.32 Å². The molecule has 1 unspecified atom stereocenters. The Morgan fingerprint density at radius 1 is 1.33 bits per heavy atom. The van der Waals surface area contributed by atoms with Crippen molar-refractivity contribution in [1.82, 2.24) is 5.32 Å². The molecule has 0 aromatic rings. The Morgan fingerprint density at radius 3 is 2.47 bits per heavy atom. The zero-order valence-corrected chi connectivity index (χ0v) is 11.1. The molecule has 0 aliphatic heterocycles. The highest BCUT2D eigenvalue weighted by Crippen LogP contribution is 2.23. The van der Waals surface area contributed by atoms with Crippen molar-refractivity contribution < 1.29 is 0 Å². The van der Waals surface area contributed by atoms with Crippen LogP contribution in [0.2, 0.25) is 0 Å². The Balaban J connectivity index is 3.88. The average Bonchev–Trinajstić information content (AvgIpc) is 2.12. The Kier molecular flexibility index (Phi) is 7.76. The summed E-state index contributed by atoms with van der Waals surface area (Å²) in [6, 6.07) is 0.685. The predicted molar refractivity (Wildman–Crippen MR) is 70.2 cm³/mol. The Bertz CT molecular complexity index is 155. The molecule has 1 N–H and O–H groups in total. The SMILES string of the molecule is C=CCCCC(CC(C)(C)C)NCCC. The van der Waals surface area contributed by atoms with Crippen molar-refractivity contribution >= 4 is 0 Å². The maximum atomic E-state index is 3.77. The van der Waals surface area contributed by atoms with Crippen LogP contribution in [0, 0.1) is 5.41 Å². The summed E-state index contributed by atoms with van der Waals surface area (Å²) in [4.78, 5) is 0. The van der Waals surface area contributed by atoms with Crippen molar-refractivity contribution in [2.45, 2.75) is 65.8 Å². The van der Waals surface area contributed by atoms with Crippen molar-refractivity contribution in [3.63, 3.8) is 0 Å². The fraction of sp³-hybridized carbons (Fsp3) is 0.857. The number of nitrogens with one attached hydrogen (secondary N) is 1. The summed E-state index contributed by atoms with van der Waals surface area (Å²) in [7, 11) is 0. The molecule has 0 heterocycles. The van der Waals surface area contributed by atoms with E-state index in [-0.39, 0.29) is 0 Å². The summed E-state index contributed by atoms with van der Waals surface area (Å²) in [5.41, 5.74) is 0.430. The molecule has 0 aromatic heterocycles. The molecule has 1 nitrogen and oxygen atoms in total. The molecular formula is C14H29N. The first kappa shape index (κ1) is 14.7. The molecule has 0 bridgehead atoms. The molecule has 0 saturated heterocycles. The van der Waals surface area contributed by atoms with E-state index >= 15 is 0 Å². The van der Waals surface area contributed by atoms with E-state index in [1.165, 1.54) is 25.7 Å². The lowest BCUT2D eigenvalue weighted by atomic mass is 9.86. The highest BCUT2D eigenvalue weighted by Gasteiger charge is 2.17.